The fourth-order valence-electron chi connectivity index (χ4n) is 1.31. The summed E-state index contributed by atoms with van der Waals surface area (Å²) < 4.78 is 75.9. The van der Waals surface area contributed by atoms with E-state index in [0.717, 1.165) is 0 Å². The molecule has 0 fully saturated rings. The van der Waals surface area contributed by atoms with Crippen LogP contribution in [-0.2, 0) is 17.9 Å². The Morgan fingerprint density at radius 1 is 0.944 bits per heavy atom. The van der Waals surface area contributed by atoms with E-state index in [0.29, 0.717) is 0 Å². The third kappa shape index (κ3) is 2.73. The highest BCUT2D eigenvalue weighted by molar-refractivity contribution is 6.32. The van der Waals surface area contributed by atoms with Crippen molar-refractivity contribution >= 4 is 11.6 Å². The molecule has 0 N–H and O–H groups in total. The molecule has 1 rings (SSSR count). The molecular weight excluding hydrogens is 286 g/mol. The summed E-state index contributed by atoms with van der Waals surface area (Å²) in [4.78, 5) is 0. The van der Waals surface area contributed by atoms with Crippen LogP contribution in [0.25, 0.3) is 0 Å². The Bertz CT molecular complexity index is 451. The van der Waals surface area contributed by atoms with Gasteiger partial charge in [0.05, 0.1) is 5.54 Å². The van der Waals surface area contributed by atoms with E-state index in [9.17, 15) is 26.3 Å². The molecule has 0 unspecified atom stereocenters. The van der Waals surface area contributed by atoms with Gasteiger partial charge in [0.25, 0.3) is 0 Å². The Morgan fingerprint density at radius 3 is 1.61 bits per heavy atom. The van der Waals surface area contributed by atoms with Crippen molar-refractivity contribution in [2.24, 2.45) is 0 Å². The van der Waals surface area contributed by atoms with Crippen molar-refractivity contribution < 1.29 is 26.3 Å². The molecule has 0 bridgehead atoms. The van der Waals surface area contributed by atoms with Gasteiger partial charge in [0.1, 0.15) is 5.02 Å². The van der Waals surface area contributed by atoms with Gasteiger partial charge in [0.2, 0.25) is 0 Å². The van der Waals surface area contributed by atoms with E-state index in [1.54, 1.807) is 0 Å². The Kier molecular flexibility index (Phi) is 3.40. The van der Waals surface area contributed by atoms with Crippen LogP contribution >= 0.6 is 11.6 Å². The largest absolute Gasteiger partial charge is 0.436 e. The lowest BCUT2D eigenvalue weighted by Crippen LogP contribution is -2.29. The standard InChI is InChI=1S/C9H9ClF6N2/c1-7(2,3)18-6(9(14,15)16)4(10)5(17-18)8(11,12)13/h1-3H3. The molecule has 1 aromatic heterocycles. The average Bonchev–Trinajstić information content (AvgIpc) is 2.39. The average molecular weight is 295 g/mol. The van der Waals surface area contributed by atoms with Gasteiger partial charge in [-0.3, -0.25) is 4.68 Å². The first-order chi connectivity index (χ1) is 7.76. The number of alkyl halides is 6. The lowest BCUT2D eigenvalue weighted by Gasteiger charge is -2.23. The van der Waals surface area contributed by atoms with Crippen LogP contribution in [0.3, 0.4) is 0 Å². The molecule has 0 saturated carbocycles. The van der Waals surface area contributed by atoms with E-state index < -0.39 is 34.3 Å². The number of rotatable bonds is 0. The second-order valence-corrected chi connectivity index (χ2v) is 4.97. The van der Waals surface area contributed by atoms with Crippen LogP contribution in [0.1, 0.15) is 32.2 Å². The minimum absolute atomic E-state index is 0.248. The van der Waals surface area contributed by atoms with Crippen LogP contribution in [0.4, 0.5) is 26.3 Å². The van der Waals surface area contributed by atoms with Crippen LogP contribution in [0.2, 0.25) is 5.02 Å². The summed E-state index contributed by atoms with van der Waals surface area (Å²) in [5, 5.41) is 1.53. The van der Waals surface area contributed by atoms with Gasteiger partial charge in [0.15, 0.2) is 11.4 Å². The summed E-state index contributed by atoms with van der Waals surface area (Å²) in [6.45, 7) is 3.89. The molecule has 2 nitrogen and oxygen atoms in total. The molecule has 1 aromatic rings. The van der Waals surface area contributed by atoms with Gasteiger partial charge in [-0.1, -0.05) is 11.6 Å². The molecule has 18 heavy (non-hydrogen) atoms. The number of hydrogen-bond acceptors (Lipinski definition) is 1. The molecule has 0 amide bonds. The maximum atomic E-state index is 12.7. The normalized spacial score (nSPS) is 14.1. The minimum atomic E-state index is -5.03. The van der Waals surface area contributed by atoms with Crippen LogP contribution < -0.4 is 0 Å². The topological polar surface area (TPSA) is 17.8 Å². The first kappa shape index (κ1) is 15.1. The van der Waals surface area contributed by atoms with Gasteiger partial charge >= 0.3 is 12.4 Å². The second kappa shape index (κ2) is 4.04. The second-order valence-electron chi connectivity index (χ2n) is 4.59. The third-order valence-electron chi connectivity index (χ3n) is 2.00. The molecule has 0 saturated heterocycles. The summed E-state index contributed by atoms with van der Waals surface area (Å²) >= 11 is 5.18. The zero-order valence-corrected chi connectivity index (χ0v) is 10.3. The maximum absolute atomic E-state index is 12.7. The van der Waals surface area contributed by atoms with Gasteiger partial charge in [0, 0.05) is 0 Å². The monoisotopic (exact) mass is 294 g/mol. The van der Waals surface area contributed by atoms with E-state index >= 15 is 0 Å². The predicted molar refractivity (Wildman–Crippen MR) is 52.2 cm³/mol. The molecule has 0 spiro atoms. The van der Waals surface area contributed by atoms with Gasteiger partial charge in [-0.2, -0.15) is 31.4 Å². The third-order valence-corrected chi connectivity index (χ3v) is 2.36. The summed E-state index contributed by atoms with van der Waals surface area (Å²) in [7, 11) is 0. The Balaban J connectivity index is 3.63. The molecule has 9 heteroatoms. The first-order valence-electron chi connectivity index (χ1n) is 4.69. The molecule has 0 radical (unpaired) electrons. The van der Waals surface area contributed by atoms with Gasteiger partial charge in [-0.05, 0) is 20.8 Å². The molecule has 0 aliphatic heterocycles. The lowest BCUT2D eigenvalue weighted by atomic mass is 10.1. The Hall–Kier alpha value is -0.920. The van der Waals surface area contributed by atoms with Crippen molar-refractivity contribution in [3.63, 3.8) is 0 Å². The Morgan fingerprint density at radius 2 is 1.39 bits per heavy atom. The van der Waals surface area contributed by atoms with Crippen molar-refractivity contribution in [2.45, 2.75) is 38.7 Å². The summed E-state index contributed by atoms with van der Waals surface area (Å²) in [5.74, 6) is 0. The highest BCUT2D eigenvalue weighted by atomic mass is 35.5. The summed E-state index contributed by atoms with van der Waals surface area (Å²) in [6, 6.07) is 0. The fourth-order valence-corrected chi connectivity index (χ4v) is 1.64. The van der Waals surface area contributed by atoms with Crippen molar-refractivity contribution in [3.05, 3.63) is 16.4 Å². The molecular formula is C9H9ClF6N2. The molecule has 0 aromatic carbocycles. The van der Waals surface area contributed by atoms with Crippen molar-refractivity contribution in [1.29, 1.82) is 0 Å². The first-order valence-corrected chi connectivity index (χ1v) is 5.07. The van der Waals surface area contributed by atoms with E-state index in [1.807, 2.05) is 0 Å². The van der Waals surface area contributed by atoms with Crippen molar-refractivity contribution in [3.8, 4) is 0 Å². The van der Waals surface area contributed by atoms with E-state index in [2.05, 4.69) is 5.10 Å². The van der Waals surface area contributed by atoms with Gasteiger partial charge in [-0.15, -0.1) is 0 Å². The smallest absolute Gasteiger partial charge is 0.253 e. The summed E-state index contributed by atoms with van der Waals surface area (Å²) in [6.07, 6.45) is -10.0. The van der Waals surface area contributed by atoms with Crippen LogP contribution in [0, 0.1) is 0 Å². The maximum Gasteiger partial charge on any atom is 0.436 e. The van der Waals surface area contributed by atoms with E-state index in [1.165, 1.54) is 20.8 Å². The quantitative estimate of drug-likeness (QED) is 0.651. The minimum Gasteiger partial charge on any atom is -0.253 e. The SMILES string of the molecule is CC(C)(C)n1nc(C(F)(F)F)c(Cl)c1C(F)(F)F. The number of halogens is 7. The summed E-state index contributed by atoms with van der Waals surface area (Å²) in [5.41, 5.74) is -4.60. The molecule has 1 heterocycles. The molecule has 0 aliphatic carbocycles. The Labute approximate surface area is 104 Å². The van der Waals surface area contributed by atoms with Gasteiger partial charge in [-0.25, -0.2) is 0 Å². The zero-order chi connectivity index (χ0) is 14.5. The fraction of sp³-hybridized carbons (Fsp3) is 0.667. The predicted octanol–water partition coefficient (Wildman–Crippen LogP) is 4.33. The highest BCUT2D eigenvalue weighted by Crippen LogP contribution is 2.43. The van der Waals surface area contributed by atoms with Crippen molar-refractivity contribution in [1.82, 2.24) is 9.78 Å². The van der Waals surface area contributed by atoms with Crippen LogP contribution in [0.5, 0.6) is 0 Å². The number of hydrogen-bond donors (Lipinski definition) is 0. The lowest BCUT2D eigenvalue weighted by molar-refractivity contribution is -0.146. The molecule has 104 valence electrons. The number of nitrogens with zero attached hydrogens (tertiary/aromatic N) is 2. The van der Waals surface area contributed by atoms with E-state index in [-0.39, 0.29) is 4.68 Å². The number of aromatic nitrogens is 2. The van der Waals surface area contributed by atoms with Crippen molar-refractivity contribution in [2.75, 3.05) is 0 Å². The highest BCUT2D eigenvalue weighted by Gasteiger charge is 2.47. The van der Waals surface area contributed by atoms with Gasteiger partial charge < -0.3 is 0 Å². The zero-order valence-electron chi connectivity index (χ0n) is 9.54. The molecule has 0 aliphatic rings. The molecule has 0 atom stereocenters. The van der Waals surface area contributed by atoms with Crippen LogP contribution in [0.15, 0.2) is 0 Å². The van der Waals surface area contributed by atoms with E-state index in [4.69, 9.17) is 11.6 Å². The van der Waals surface area contributed by atoms with Crippen LogP contribution in [-0.4, -0.2) is 9.78 Å².